The Balaban J connectivity index is 2.35. The lowest BCUT2D eigenvalue weighted by Gasteiger charge is -1.87. The van der Waals surface area contributed by atoms with E-state index in [-0.39, 0.29) is 0 Å². The lowest BCUT2D eigenvalue weighted by molar-refractivity contribution is 0.768. The predicted molar refractivity (Wildman–Crippen MR) is 58.3 cm³/mol. The zero-order chi connectivity index (χ0) is 9.26. The van der Waals surface area contributed by atoms with E-state index in [0.29, 0.717) is 0 Å². The van der Waals surface area contributed by atoms with Gasteiger partial charge in [-0.15, -0.1) is 23.1 Å². The summed E-state index contributed by atoms with van der Waals surface area (Å²) in [6, 6.07) is 2.20. The second-order valence-electron chi connectivity index (χ2n) is 2.76. The number of aryl methyl sites for hydroxylation is 1. The van der Waals surface area contributed by atoms with Crippen LogP contribution in [0.25, 0.3) is 11.1 Å². The highest BCUT2D eigenvalue weighted by molar-refractivity contribution is 8.00. The molecule has 0 aliphatic heterocycles. The molecule has 0 spiro atoms. The Morgan fingerprint density at radius 3 is 2.85 bits per heavy atom. The van der Waals surface area contributed by atoms with E-state index < -0.39 is 0 Å². The summed E-state index contributed by atoms with van der Waals surface area (Å²) in [5, 5.41) is 6.31. The van der Waals surface area contributed by atoms with Crippen molar-refractivity contribution >= 4 is 23.1 Å². The smallest absolute Gasteiger partial charge is 0.0602 e. The average molecular weight is 210 g/mol. The summed E-state index contributed by atoms with van der Waals surface area (Å²) < 4.78 is 3.17. The molecule has 13 heavy (non-hydrogen) atoms. The van der Waals surface area contributed by atoms with Crippen molar-refractivity contribution in [2.75, 3.05) is 6.26 Å². The first kappa shape index (κ1) is 8.84. The first-order chi connectivity index (χ1) is 6.29. The summed E-state index contributed by atoms with van der Waals surface area (Å²) in [5.41, 5.74) is 2.46. The normalized spacial score (nSPS) is 10.6. The van der Waals surface area contributed by atoms with E-state index in [2.05, 4.69) is 22.8 Å². The predicted octanol–water partition coefficient (Wildman–Crippen LogP) is 2.87. The Morgan fingerprint density at radius 2 is 2.31 bits per heavy atom. The molecule has 0 saturated heterocycles. The van der Waals surface area contributed by atoms with Gasteiger partial charge in [-0.05, 0) is 23.3 Å². The van der Waals surface area contributed by atoms with E-state index in [1.165, 1.54) is 15.3 Å². The van der Waals surface area contributed by atoms with Crippen LogP contribution in [0.4, 0.5) is 0 Å². The molecular formula is C9H10N2S2. The van der Waals surface area contributed by atoms with Crippen molar-refractivity contribution in [3.63, 3.8) is 0 Å². The van der Waals surface area contributed by atoms with Crippen LogP contribution in [-0.4, -0.2) is 16.0 Å². The lowest BCUT2D eigenvalue weighted by atomic mass is 10.2. The minimum Gasteiger partial charge on any atom is -0.275 e. The third-order valence-corrected chi connectivity index (χ3v) is 3.85. The summed E-state index contributed by atoms with van der Waals surface area (Å²) in [6.07, 6.45) is 6.02. The molecule has 0 fully saturated rings. The molecule has 0 aliphatic rings. The molecule has 4 heteroatoms. The molecule has 0 radical (unpaired) electrons. The van der Waals surface area contributed by atoms with Crippen LogP contribution in [0.1, 0.15) is 0 Å². The van der Waals surface area contributed by atoms with E-state index >= 15 is 0 Å². The Labute approximate surface area is 85.6 Å². The number of aromatic nitrogens is 2. The van der Waals surface area contributed by atoms with Gasteiger partial charge in [0, 0.05) is 18.8 Å². The third-order valence-electron chi connectivity index (χ3n) is 1.81. The van der Waals surface area contributed by atoms with Gasteiger partial charge < -0.3 is 0 Å². The molecule has 0 bridgehead atoms. The zero-order valence-electron chi connectivity index (χ0n) is 7.52. The van der Waals surface area contributed by atoms with Gasteiger partial charge in [0.2, 0.25) is 0 Å². The quantitative estimate of drug-likeness (QED) is 0.709. The van der Waals surface area contributed by atoms with E-state index in [1.807, 2.05) is 24.1 Å². The molecule has 2 heterocycles. The second-order valence-corrected chi connectivity index (χ2v) is 4.78. The molecular weight excluding hydrogens is 200 g/mol. The largest absolute Gasteiger partial charge is 0.275 e. The maximum atomic E-state index is 4.14. The molecule has 0 N–H and O–H groups in total. The minimum absolute atomic E-state index is 1.19. The van der Waals surface area contributed by atoms with Crippen LogP contribution in [-0.2, 0) is 7.05 Å². The standard InChI is InChI=1S/C9H10N2S2/c1-11-5-8(4-10-11)7-3-9(12-2)13-6-7/h3-6H,1-2H3. The lowest BCUT2D eigenvalue weighted by Crippen LogP contribution is -1.83. The maximum absolute atomic E-state index is 4.14. The summed E-state index contributed by atoms with van der Waals surface area (Å²) in [6.45, 7) is 0. The molecule has 0 aromatic carbocycles. The first-order valence-electron chi connectivity index (χ1n) is 3.91. The van der Waals surface area contributed by atoms with Crippen molar-refractivity contribution in [2.24, 2.45) is 7.05 Å². The van der Waals surface area contributed by atoms with E-state index in [1.54, 1.807) is 23.1 Å². The van der Waals surface area contributed by atoms with Crippen molar-refractivity contribution in [3.05, 3.63) is 23.8 Å². The molecule has 0 saturated carbocycles. The molecule has 2 rings (SSSR count). The van der Waals surface area contributed by atoms with Gasteiger partial charge >= 0.3 is 0 Å². The Kier molecular flexibility index (Phi) is 2.42. The number of thiophene rings is 1. The van der Waals surface area contributed by atoms with Crippen LogP contribution in [0, 0.1) is 0 Å². The van der Waals surface area contributed by atoms with Gasteiger partial charge in [0.15, 0.2) is 0 Å². The van der Waals surface area contributed by atoms with Gasteiger partial charge in [0.25, 0.3) is 0 Å². The average Bonchev–Trinajstić information content (AvgIpc) is 2.71. The molecule has 2 aromatic heterocycles. The highest BCUT2D eigenvalue weighted by Crippen LogP contribution is 2.30. The Bertz CT molecular complexity index is 403. The second kappa shape index (κ2) is 3.55. The number of nitrogens with zero attached hydrogens (tertiary/aromatic N) is 2. The molecule has 2 nitrogen and oxygen atoms in total. The molecule has 0 unspecified atom stereocenters. The van der Waals surface area contributed by atoms with Gasteiger partial charge in [-0.1, -0.05) is 0 Å². The molecule has 2 aromatic rings. The van der Waals surface area contributed by atoms with Crippen LogP contribution in [0.5, 0.6) is 0 Å². The van der Waals surface area contributed by atoms with Gasteiger partial charge in [-0.3, -0.25) is 4.68 Å². The fourth-order valence-electron chi connectivity index (χ4n) is 1.15. The van der Waals surface area contributed by atoms with Gasteiger partial charge in [0.05, 0.1) is 10.4 Å². The molecule has 68 valence electrons. The van der Waals surface area contributed by atoms with Crippen molar-refractivity contribution in [1.82, 2.24) is 9.78 Å². The zero-order valence-corrected chi connectivity index (χ0v) is 9.15. The number of hydrogen-bond acceptors (Lipinski definition) is 3. The number of hydrogen-bond donors (Lipinski definition) is 0. The van der Waals surface area contributed by atoms with Crippen LogP contribution in [0.15, 0.2) is 28.0 Å². The summed E-state index contributed by atoms with van der Waals surface area (Å²) in [4.78, 5) is 0. The topological polar surface area (TPSA) is 17.8 Å². The van der Waals surface area contributed by atoms with Gasteiger partial charge in [-0.2, -0.15) is 5.10 Å². The highest BCUT2D eigenvalue weighted by atomic mass is 32.2. The maximum Gasteiger partial charge on any atom is 0.0602 e. The van der Waals surface area contributed by atoms with Crippen LogP contribution >= 0.6 is 23.1 Å². The Hall–Kier alpha value is -0.740. The van der Waals surface area contributed by atoms with Crippen molar-refractivity contribution in [2.45, 2.75) is 4.21 Å². The monoisotopic (exact) mass is 210 g/mol. The van der Waals surface area contributed by atoms with E-state index in [4.69, 9.17) is 0 Å². The summed E-state index contributed by atoms with van der Waals surface area (Å²) in [7, 11) is 1.94. The Morgan fingerprint density at radius 1 is 1.46 bits per heavy atom. The van der Waals surface area contributed by atoms with Crippen molar-refractivity contribution < 1.29 is 0 Å². The van der Waals surface area contributed by atoms with Crippen molar-refractivity contribution in [3.8, 4) is 11.1 Å². The van der Waals surface area contributed by atoms with Crippen LogP contribution in [0.2, 0.25) is 0 Å². The summed E-state index contributed by atoms with van der Waals surface area (Å²) >= 11 is 3.56. The highest BCUT2D eigenvalue weighted by Gasteiger charge is 2.02. The molecule has 0 amide bonds. The molecule has 0 atom stereocenters. The fourth-order valence-corrected chi connectivity index (χ4v) is 2.56. The van der Waals surface area contributed by atoms with Crippen LogP contribution in [0.3, 0.4) is 0 Å². The van der Waals surface area contributed by atoms with Crippen molar-refractivity contribution in [1.29, 1.82) is 0 Å². The fraction of sp³-hybridized carbons (Fsp3) is 0.222. The van der Waals surface area contributed by atoms with Crippen LogP contribution < -0.4 is 0 Å². The summed E-state index contributed by atoms with van der Waals surface area (Å²) in [5.74, 6) is 0. The SMILES string of the molecule is CSc1cc(-c2cnn(C)c2)cs1. The van der Waals surface area contributed by atoms with E-state index in [0.717, 1.165) is 0 Å². The number of thioether (sulfide) groups is 1. The molecule has 0 aliphatic carbocycles. The first-order valence-corrected chi connectivity index (χ1v) is 6.01. The van der Waals surface area contributed by atoms with Gasteiger partial charge in [0.1, 0.15) is 0 Å². The third kappa shape index (κ3) is 1.78. The van der Waals surface area contributed by atoms with Gasteiger partial charge in [-0.25, -0.2) is 0 Å². The minimum atomic E-state index is 1.19. The number of rotatable bonds is 2. The van der Waals surface area contributed by atoms with E-state index in [9.17, 15) is 0 Å².